The van der Waals surface area contributed by atoms with Crippen LogP contribution in [0.5, 0.6) is 0 Å². The van der Waals surface area contributed by atoms with E-state index in [-0.39, 0.29) is 18.2 Å². The molecule has 0 aromatic heterocycles. The number of carbonyl (C=O) groups excluding carboxylic acids is 4. The number of unbranched alkanes of at least 4 members (excludes halogenated alkanes) is 3. The minimum absolute atomic E-state index is 0.112. The van der Waals surface area contributed by atoms with E-state index < -0.39 is 17.5 Å². The van der Waals surface area contributed by atoms with Gasteiger partial charge in [-0.3, -0.25) is 19.3 Å². The molecule has 2 N–H and O–H groups in total. The summed E-state index contributed by atoms with van der Waals surface area (Å²) in [5, 5.41) is 5.34. The maximum atomic E-state index is 12.7. The van der Waals surface area contributed by atoms with Crippen molar-refractivity contribution < 1.29 is 19.2 Å². The molecule has 27 heavy (non-hydrogen) atoms. The molecule has 1 atom stereocenters. The third-order valence-electron chi connectivity index (χ3n) is 4.73. The minimum atomic E-state index is -0.959. The van der Waals surface area contributed by atoms with Gasteiger partial charge in [0.2, 0.25) is 5.91 Å². The third-order valence-corrected chi connectivity index (χ3v) is 4.73. The molecule has 146 valence electrons. The first kappa shape index (κ1) is 20.6. The molecule has 1 unspecified atom stereocenters. The zero-order valence-electron chi connectivity index (χ0n) is 16.1. The Morgan fingerprint density at radius 2 is 1.93 bits per heavy atom. The Morgan fingerprint density at radius 3 is 2.59 bits per heavy atom. The lowest BCUT2D eigenvalue weighted by molar-refractivity contribution is -0.133. The van der Waals surface area contributed by atoms with E-state index in [4.69, 9.17) is 0 Å². The van der Waals surface area contributed by atoms with Crippen LogP contribution in [0.1, 0.15) is 63.2 Å². The van der Waals surface area contributed by atoms with Crippen molar-refractivity contribution in [3.05, 3.63) is 29.8 Å². The summed E-state index contributed by atoms with van der Waals surface area (Å²) in [5.41, 5.74) is -0.0378. The molecule has 1 aromatic rings. The second-order valence-corrected chi connectivity index (χ2v) is 7.15. The van der Waals surface area contributed by atoms with Crippen molar-refractivity contribution in [1.82, 2.24) is 10.2 Å². The van der Waals surface area contributed by atoms with Crippen molar-refractivity contribution in [2.24, 2.45) is 0 Å². The molecule has 1 aliphatic rings. The summed E-state index contributed by atoms with van der Waals surface area (Å²) >= 11 is 0. The molecule has 1 saturated heterocycles. The highest BCUT2D eigenvalue weighted by molar-refractivity contribution is 6.10. The van der Waals surface area contributed by atoms with Crippen LogP contribution < -0.4 is 10.6 Å². The second kappa shape index (κ2) is 8.79. The zero-order valence-corrected chi connectivity index (χ0v) is 16.1. The van der Waals surface area contributed by atoms with E-state index in [0.717, 1.165) is 30.6 Å². The van der Waals surface area contributed by atoms with Gasteiger partial charge in [-0.1, -0.05) is 44.7 Å². The quantitative estimate of drug-likeness (QED) is 0.395. The van der Waals surface area contributed by atoms with Gasteiger partial charge in [-0.05, 0) is 32.4 Å². The van der Waals surface area contributed by atoms with Crippen LogP contribution in [-0.4, -0.2) is 40.6 Å². The van der Waals surface area contributed by atoms with Gasteiger partial charge >= 0.3 is 6.03 Å². The number of nitrogens with one attached hydrogen (secondary N) is 2. The minimum Gasteiger partial charge on any atom is -0.325 e. The van der Waals surface area contributed by atoms with Crippen molar-refractivity contribution >= 4 is 29.3 Å². The van der Waals surface area contributed by atoms with Crippen LogP contribution in [0.4, 0.5) is 10.5 Å². The number of carbonyl (C=O) groups is 4. The predicted molar refractivity (Wildman–Crippen MR) is 102 cm³/mol. The summed E-state index contributed by atoms with van der Waals surface area (Å²) in [6.45, 7) is 4.89. The van der Waals surface area contributed by atoms with Gasteiger partial charge in [-0.15, -0.1) is 0 Å². The third kappa shape index (κ3) is 5.15. The molecule has 1 aliphatic heterocycles. The summed E-state index contributed by atoms with van der Waals surface area (Å²) in [5.74, 6) is -0.981. The van der Waals surface area contributed by atoms with Crippen LogP contribution in [0.15, 0.2) is 24.3 Å². The molecule has 0 saturated carbocycles. The number of urea groups is 1. The lowest BCUT2D eigenvalue weighted by Gasteiger charge is -2.21. The Labute approximate surface area is 159 Å². The maximum Gasteiger partial charge on any atom is 0.325 e. The number of amides is 4. The van der Waals surface area contributed by atoms with Crippen molar-refractivity contribution in [2.75, 3.05) is 11.9 Å². The number of Topliss-reactive ketones (excluding diaryl/α,β-unsaturated/α-hetero) is 1. The van der Waals surface area contributed by atoms with Crippen LogP contribution in [0.3, 0.4) is 0 Å². The Balaban J connectivity index is 1.97. The molecule has 0 aliphatic carbocycles. The van der Waals surface area contributed by atoms with Gasteiger partial charge in [0, 0.05) is 11.3 Å². The molecule has 1 aromatic carbocycles. The lowest BCUT2D eigenvalue weighted by Crippen LogP contribution is -2.44. The number of ketones is 1. The molecule has 7 nitrogen and oxygen atoms in total. The van der Waals surface area contributed by atoms with Gasteiger partial charge in [-0.2, -0.15) is 0 Å². The average Bonchev–Trinajstić information content (AvgIpc) is 2.82. The second-order valence-electron chi connectivity index (χ2n) is 7.15. The van der Waals surface area contributed by atoms with Crippen molar-refractivity contribution in [2.45, 2.75) is 58.4 Å². The molecule has 0 radical (unpaired) electrons. The van der Waals surface area contributed by atoms with Gasteiger partial charge in [0.15, 0.2) is 5.78 Å². The topological polar surface area (TPSA) is 95.6 Å². The van der Waals surface area contributed by atoms with Gasteiger partial charge in [-0.25, -0.2) is 4.79 Å². The first-order chi connectivity index (χ1) is 12.8. The summed E-state index contributed by atoms with van der Waals surface area (Å²) in [4.78, 5) is 49.5. The summed E-state index contributed by atoms with van der Waals surface area (Å²) < 4.78 is 0. The van der Waals surface area contributed by atoms with E-state index in [1.807, 2.05) is 0 Å². The summed E-state index contributed by atoms with van der Waals surface area (Å²) in [6, 6.07) is 5.97. The SMILES string of the molecule is CCCCCCC1(C)NC(=O)N(CC(=O)Nc2cccc(C(C)=O)c2)C1=O. The van der Waals surface area contributed by atoms with E-state index in [1.165, 1.54) is 6.92 Å². The molecule has 2 rings (SSSR count). The summed E-state index contributed by atoms with van der Waals surface area (Å²) in [7, 11) is 0. The van der Waals surface area contributed by atoms with Crippen molar-refractivity contribution in [3.63, 3.8) is 0 Å². The van der Waals surface area contributed by atoms with E-state index in [9.17, 15) is 19.2 Å². The molecule has 0 bridgehead atoms. The van der Waals surface area contributed by atoms with Gasteiger partial charge in [0.1, 0.15) is 12.1 Å². The van der Waals surface area contributed by atoms with Crippen LogP contribution in [0.25, 0.3) is 0 Å². The fourth-order valence-corrected chi connectivity index (χ4v) is 3.13. The Kier molecular flexibility index (Phi) is 6.71. The Morgan fingerprint density at radius 1 is 1.19 bits per heavy atom. The molecular weight excluding hydrogens is 346 g/mol. The monoisotopic (exact) mass is 373 g/mol. The van der Waals surface area contributed by atoms with Crippen LogP contribution >= 0.6 is 0 Å². The van der Waals surface area contributed by atoms with Gasteiger partial charge < -0.3 is 10.6 Å². The largest absolute Gasteiger partial charge is 0.325 e. The predicted octanol–water partition coefficient (Wildman–Crippen LogP) is 3.11. The first-order valence-corrected chi connectivity index (χ1v) is 9.32. The fourth-order valence-electron chi connectivity index (χ4n) is 3.13. The maximum absolute atomic E-state index is 12.7. The number of rotatable bonds is 9. The highest BCUT2D eigenvalue weighted by Crippen LogP contribution is 2.24. The molecule has 1 heterocycles. The van der Waals surface area contributed by atoms with Crippen LogP contribution in [-0.2, 0) is 9.59 Å². The first-order valence-electron chi connectivity index (χ1n) is 9.32. The number of nitrogens with zero attached hydrogens (tertiary/aromatic N) is 1. The summed E-state index contributed by atoms with van der Waals surface area (Å²) in [6.07, 6.45) is 4.57. The van der Waals surface area contributed by atoms with Crippen LogP contribution in [0, 0.1) is 0 Å². The zero-order chi connectivity index (χ0) is 20.0. The Bertz CT molecular complexity index is 746. The molecule has 4 amide bonds. The van der Waals surface area contributed by atoms with Crippen molar-refractivity contribution in [1.29, 1.82) is 0 Å². The number of anilines is 1. The normalized spacial score (nSPS) is 19.1. The highest BCUT2D eigenvalue weighted by atomic mass is 16.2. The van der Waals surface area contributed by atoms with Crippen molar-refractivity contribution in [3.8, 4) is 0 Å². The van der Waals surface area contributed by atoms with E-state index in [2.05, 4.69) is 17.6 Å². The standard InChI is InChI=1S/C20H27N3O4/c1-4-5-6-7-11-20(3)18(26)23(19(27)22-20)13-17(25)21-16-10-8-9-15(12-16)14(2)24/h8-10,12H,4-7,11,13H2,1-3H3,(H,21,25)(H,22,27). The molecule has 7 heteroatoms. The molecule has 0 spiro atoms. The number of imide groups is 1. The van der Waals surface area contributed by atoms with E-state index in [1.54, 1.807) is 31.2 Å². The molecular formula is C20H27N3O4. The van der Waals surface area contributed by atoms with Crippen LogP contribution in [0.2, 0.25) is 0 Å². The average molecular weight is 373 g/mol. The number of hydrogen-bond donors (Lipinski definition) is 2. The number of hydrogen-bond acceptors (Lipinski definition) is 4. The van der Waals surface area contributed by atoms with Gasteiger partial charge in [0.05, 0.1) is 0 Å². The molecule has 1 fully saturated rings. The smallest absolute Gasteiger partial charge is 0.325 e. The Hall–Kier alpha value is -2.70. The highest BCUT2D eigenvalue weighted by Gasteiger charge is 2.47. The number of benzene rings is 1. The lowest BCUT2D eigenvalue weighted by atomic mass is 9.94. The van der Waals surface area contributed by atoms with Gasteiger partial charge in [0.25, 0.3) is 5.91 Å². The van der Waals surface area contributed by atoms with E-state index in [0.29, 0.717) is 17.7 Å². The fraction of sp³-hybridized carbons (Fsp3) is 0.500. The van der Waals surface area contributed by atoms with E-state index >= 15 is 0 Å².